The number of amides is 1. The number of non-ortho nitro benzene ring substituents is 1. The number of rotatable bonds is 2. The van der Waals surface area contributed by atoms with Gasteiger partial charge in [-0.05, 0) is 25.0 Å². The number of hydrogen-bond acceptors (Lipinski definition) is 5. The molecule has 0 aromatic heterocycles. The van der Waals surface area contributed by atoms with Crippen LogP contribution in [0.4, 0.5) is 5.69 Å². The number of amidine groups is 1. The van der Waals surface area contributed by atoms with Gasteiger partial charge in [-0.25, -0.2) is 0 Å². The summed E-state index contributed by atoms with van der Waals surface area (Å²) in [4.78, 5) is 26.6. The zero-order valence-electron chi connectivity index (χ0n) is 13.1. The van der Waals surface area contributed by atoms with Crippen molar-refractivity contribution in [1.82, 2.24) is 10.9 Å². The first-order chi connectivity index (χ1) is 11.2. The predicted octanol–water partition coefficient (Wildman–Crippen LogP) is 2.97. The van der Waals surface area contributed by atoms with Crippen LogP contribution in [-0.4, -0.2) is 23.2 Å². The van der Waals surface area contributed by atoms with Crippen molar-refractivity contribution in [3.8, 4) is 0 Å². The average molecular weight is 318 g/mol. The number of nitrogens with zero attached hydrogens (tertiary/aromatic N) is 2. The third-order valence-electron chi connectivity index (χ3n) is 3.78. The number of nitro benzene ring substituents is 1. The number of benzene rings is 1. The Bertz CT molecular complexity index is 569. The minimum atomic E-state index is -0.491. The van der Waals surface area contributed by atoms with E-state index in [1.165, 1.54) is 49.9 Å². The largest absolute Gasteiger partial charge is 0.285 e. The molecule has 2 N–H and O–H groups in total. The fourth-order valence-electron chi connectivity index (χ4n) is 2.44. The molecule has 0 radical (unpaired) electrons. The predicted molar refractivity (Wildman–Crippen MR) is 88.3 cm³/mol. The normalized spacial score (nSPS) is 16.1. The van der Waals surface area contributed by atoms with Gasteiger partial charge in [0.25, 0.3) is 11.6 Å². The van der Waals surface area contributed by atoms with Crippen molar-refractivity contribution in [2.75, 3.05) is 6.54 Å². The minimum absolute atomic E-state index is 0.0359. The molecule has 2 rings (SSSR count). The third kappa shape index (κ3) is 5.69. The molecule has 7 heteroatoms. The van der Waals surface area contributed by atoms with Crippen molar-refractivity contribution in [3.05, 3.63) is 39.9 Å². The standard InChI is InChI=1S/C16H22N4O3/c21-16(13-8-10-14(11-9-13)20(22)23)19-18-15-7-5-3-1-2-4-6-12-17-15/h8-11H,1-7,12H2,(H,17,18)(H,19,21). The molecule has 0 saturated carbocycles. The molecule has 1 heterocycles. The van der Waals surface area contributed by atoms with Crippen molar-refractivity contribution >= 4 is 17.4 Å². The topological polar surface area (TPSA) is 96.6 Å². The van der Waals surface area contributed by atoms with Gasteiger partial charge in [0.2, 0.25) is 0 Å². The van der Waals surface area contributed by atoms with Crippen LogP contribution in [0.3, 0.4) is 0 Å². The molecule has 0 fully saturated rings. The summed E-state index contributed by atoms with van der Waals surface area (Å²) in [6, 6.07) is 5.50. The van der Waals surface area contributed by atoms with Gasteiger partial charge in [-0.2, -0.15) is 0 Å². The summed E-state index contributed by atoms with van der Waals surface area (Å²) < 4.78 is 0. The van der Waals surface area contributed by atoms with E-state index in [0.29, 0.717) is 5.56 Å². The molecule has 1 aliphatic heterocycles. The average Bonchev–Trinajstić information content (AvgIpc) is 2.58. The van der Waals surface area contributed by atoms with Gasteiger partial charge in [-0.15, -0.1) is 0 Å². The van der Waals surface area contributed by atoms with Gasteiger partial charge >= 0.3 is 0 Å². The molecular formula is C16H22N4O3. The molecule has 23 heavy (non-hydrogen) atoms. The van der Waals surface area contributed by atoms with Crippen LogP contribution in [0.2, 0.25) is 0 Å². The highest BCUT2D eigenvalue weighted by molar-refractivity contribution is 5.96. The van der Waals surface area contributed by atoms with E-state index in [0.717, 1.165) is 31.6 Å². The Labute approximate surface area is 135 Å². The molecule has 0 unspecified atom stereocenters. The van der Waals surface area contributed by atoms with Crippen molar-refractivity contribution < 1.29 is 9.72 Å². The summed E-state index contributed by atoms with van der Waals surface area (Å²) in [6.45, 7) is 0.774. The van der Waals surface area contributed by atoms with E-state index in [4.69, 9.17) is 0 Å². The van der Waals surface area contributed by atoms with Crippen molar-refractivity contribution in [3.63, 3.8) is 0 Å². The van der Waals surface area contributed by atoms with Crippen LogP contribution in [0.5, 0.6) is 0 Å². The van der Waals surface area contributed by atoms with Gasteiger partial charge in [0.05, 0.1) is 4.92 Å². The highest BCUT2D eigenvalue weighted by atomic mass is 16.6. The molecule has 124 valence electrons. The van der Waals surface area contributed by atoms with E-state index in [-0.39, 0.29) is 11.6 Å². The second-order valence-corrected chi connectivity index (χ2v) is 5.58. The van der Waals surface area contributed by atoms with Crippen LogP contribution in [-0.2, 0) is 0 Å². The molecule has 0 saturated heterocycles. The Morgan fingerprint density at radius 3 is 2.39 bits per heavy atom. The zero-order valence-corrected chi connectivity index (χ0v) is 13.1. The number of nitro groups is 1. The van der Waals surface area contributed by atoms with E-state index in [9.17, 15) is 14.9 Å². The number of carbonyl (C=O) groups is 1. The lowest BCUT2D eigenvalue weighted by Gasteiger charge is -2.13. The molecule has 0 aliphatic carbocycles. The monoisotopic (exact) mass is 318 g/mol. The SMILES string of the molecule is O=C(NNC1=NCCCCCCCC1)c1ccc([N+](=O)[O-])cc1. The summed E-state index contributed by atoms with van der Waals surface area (Å²) in [5, 5.41) is 10.6. The number of aliphatic imine (C=N–C) groups is 1. The van der Waals surface area contributed by atoms with Gasteiger partial charge in [-0.3, -0.25) is 30.8 Å². The molecule has 1 aromatic carbocycles. The number of carbonyl (C=O) groups excluding carboxylic acids is 1. The van der Waals surface area contributed by atoms with Crippen molar-refractivity contribution in [2.45, 2.75) is 44.9 Å². The third-order valence-corrected chi connectivity index (χ3v) is 3.78. The minimum Gasteiger partial charge on any atom is -0.285 e. The molecule has 0 bridgehead atoms. The maximum Gasteiger partial charge on any atom is 0.269 e. The molecule has 7 nitrogen and oxygen atoms in total. The van der Waals surface area contributed by atoms with Crippen LogP contribution in [0.1, 0.15) is 55.3 Å². The lowest BCUT2D eigenvalue weighted by atomic mass is 10.1. The van der Waals surface area contributed by atoms with Gasteiger partial charge in [0.1, 0.15) is 5.84 Å². The zero-order chi connectivity index (χ0) is 16.5. The maximum absolute atomic E-state index is 12.0. The van der Waals surface area contributed by atoms with Crippen molar-refractivity contribution in [2.24, 2.45) is 4.99 Å². The van der Waals surface area contributed by atoms with Gasteiger partial charge < -0.3 is 0 Å². The Morgan fingerprint density at radius 1 is 1.04 bits per heavy atom. The van der Waals surface area contributed by atoms with Gasteiger partial charge in [0, 0.05) is 30.7 Å². The molecular weight excluding hydrogens is 296 g/mol. The Hall–Kier alpha value is -2.44. The number of hydrazine groups is 1. The summed E-state index contributed by atoms with van der Waals surface area (Å²) in [5.41, 5.74) is 5.83. The quantitative estimate of drug-likeness (QED) is 0.647. The second kappa shape index (κ2) is 8.87. The summed E-state index contributed by atoms with van der Waals surface area (Å²) in [6.07, 6.45) is 7.85. The molecule has 0 atom stereocenters. The first-order valence-electron chi connectivity index (χ1n) is 8.01. The smallest absolute Gasteiger partial charge is 0.269 e. The van der Waals surface area contributed by atoms with E-state index in [1.54, 1.807) is 0 Å². The lowest BCUT2D eigenvalue weighted by molar-refractivity contribution is -0.384. The molecule has 1 aromatic rings. The van der Waals surface area contributed by atoms with Gasteiger partial charge in [-0.1, -0.05) is 25.7 Å². The Kier molecular flexibility index (Phi) is 6.53. The first-order valence-corrected chi connectivity index (χ1v) is 8.01. The number of hydrogen-bond donors (Lipinski definition) is 2. The molecule has 0 spiro atoms. The van der Waals surface area contributed by atoms with Crippen LogP contribution in [0, 0.1) is 10.1 Å². The fourth-order valence-corrected chi connectivity index (χ4v) is 2.44. The van der Waals surface area contributed by atoms with Crippen LogP contribution >= 0.6 is 0 Å². The van der Waals surface area contributed by atoms with Crippen LogP contribution in [0.15, 0.2) is 29.3 Å². The lowest BCUT2D eigenvalue weighted by Crippen LogP contribution is -2.41. The second-order valence-electron chi connectivity index (χ2n) is 5.58. The Morgan fingerprint density at radius 2 is 1.70 bits per heavy atom. The fraction of sp³-hybridized carbons (Fsp3) is 0.500. The molecule has 1 amide bonds. The van der Waals surface area contributed by atoms with E-state index in [2.05, 4.69) is 15.8 Å². The first kappa shape index (κ1) is 16.9. The van der Waals surface area contributed by atoms with Crippen LogP contribution < -0.4 is 10.9 Å². The van der Waals surface area contributed by atoms with Crippen LogP contribution in [0.25, 0.3) is 0 Å². The highest BCUT2D eigenvalue weighted by Crippen LogP contribution is 2.12. The van der Waals surface area contributed by atoms with E-state index in [1.807, 2.05) is 0 Å². The van der Waals surface area contributed by atoms with Crippen molar-refractivity contribution in [1.29, 1.82) is 0 Å². The van der Waals surface area contributed by atoms with E-state index >= 15 is 0 Å². The summed E-state index contributed by atoms with van der Waals surface area (Å²) in [7, 11) is 0. The number of nitrogens with one attached hydrogen (secondary N) is 2. The summed E-state index contributed by atoms with van der Waals surface area (Å²) >= 11 is 0. The van der Waals surface area contributed by atoms with Gasteiger partial charge in [0.15, 0.2) is 0 Å². The molecule has 1 aliphatic rings. The summed E-state index contributed by atoms with van der Waals surface area (Å²) in [5.74, 6) is 0.460. The Balaban J connectivity index is 1.88. The van der Waals surface area contributed by atoms with E-state index < -0.39 is 4.92 Å². The maximum atomic E-state index is 12.0. The highest BCUT2D eigenvalue weighted by Gasteiger charge is 2.10.